The van der Waals surface area contributed by atoms with Crippen molar-refractivity contribution in [2.24, 2.45) is 0 Å². The Morgan fingerprint density at radius 2 is 2.40 bits per heavy atom. The Hall–Kier alpha value is -1.59. The van der Waals surface area contributed by atoms with E-state index >= 15 is 0 Å². The molecule has 80 valence electrons. The van der Waals surface area contributed by atoms with Crippen LogP contribution in [0.1, 0.15) is 17.4 Å². The highest BCUT2D eigenvalue weighted by atomic mass is 16.6. The van der Waals surface area contributed by atoms with Gasteiger partial charge in [-0.15, -0.1) is 0 Å². The maximum Gasteiger partial charge on any atom is 0.414 e. The van der Waals surface area contributed by atoms with Gasteiger partial charge in [-0.3, -0.25) is 5.32 Å². The normalized spacial score (nSPS) is 19.1. The van der Waals surface area contributed by atoms with E-state index in [1.54, 1.807) is 25.3 Å². The average molecular weight is 209 g/mol. The molecule has 1 atom stereocenters. The number of carbonyl (C=O) groups excluding carboxylic acids is 1. The minimum absolute atomic E-state index is 0.381. The van der Waals surface area contributed by atoms with Crippen LogP contribution in [0.2, 0.25) is 0 Å². The Labute approximate surface area is 86.6 Å². The van der Waals surface area contributed by atoms with E-state index < -0.39 is 12.3 Å². The summed E-state index contributed by atoms with van der Waals surface area (Å²) in [6, 6.07) is 5.17. The van der Waals surface area contributed by atoms with Crippen LogP contribution in [0.15, 0.2) is 18.2 Å². The fraction of sp³-hybridized carbons (Fsp3) is 0.300. The molecule has 1 aliphatic heterocycles. The molecule has 0 unspecified atom stereocenters. The molecule has 5 nitrogen and oxygen atoms in total. The molecular weight excluding hydrogens is 198 g/mol. The van der Waals surface area contributed by atoms with Gasteiger partial charge in [-0.1, -0.05) is 6.07 Å². The van der Waals surface area contributed by atoms with Crippen LogP contribution < -0.4 is 10.1 Å². The van der Waals surface area contributed by atoms with Crippen molar-refractivity contribution in [1.29, 1.82) is 0 Å². The predicted molar refractivity (Wildman–Crippen MR) is 51.3 cm³/mol. The van der Waals surface area contributed by atoms with E-state index in [0.29, 0.717) is 17.9 Å². The van der Waals surface area contributed by atoms with Crippen LogP contribution in [-0.2, 0) is 11.3 Å². The third-order valence-electron chi connectivity index (χ3n) is 2.14. The van der Waals surface area contributed by atoms with Crippen LogP contribution in [-0.4, -0.2) is 18.3 Å². The molecule has 0 spiro atoms. The number of nitrogens with one attached hydrogen (secondary N) is 1. The topological polar surface area (TPSA) is 67.8 Å². The SMILES string of the molecule is COCc1ccc2c(c1)[C@H](O)NC(=O)O2. The van der Waals surface area contributed by atoms with Crippen molar-refractivity contribution < 1.29 is 19.4 Å². The summed E-state index contributed by atoms with van der Waals surface area (Å²) in [4.78, 5) is 10.9. The summed E-state index contributed by atoms with van der Waals surface area (Å²) in [5, 5.41) is 11.8. The van der Waals surface area contributed by atoms with Gasteiger partial charge in [-0.2, -0.15) is 0 Å². The number of hydrogen-bond donors (Lipinski definition) is 2. The van der Waals surface area contributed by atoms with Crippen LogP contribution in [0.25, 0.3) is 0 Å². The molecule has 0 saturated carbocycles. The molecule has 1 aromatic rings. The van der Waals surface area contributed by atoms with Gasteiger partial charge in [0.1, 0.15) is 5.75 Å². The van der Waals surface area contributed by atoms with Gasteiger partial charge in [-0.25, -0.2) is 4.79 Å². The third-order valence-corrected chi connectivity index (χ3v) is 2.14. The third kappa shape index (κ3) is 1.93. The quantitative estimate of drug-likeness (QED) is 0.760. The van der Waals surface area contributed by atoms with Crippen molar-refractivity contribution in [3.8, 4) is 5.75 Å². The Balaban J connectivity index is 2.34. The minimum atomic E-state index is -1.02. The zero-order valence-electron chi connectivity index (χ0n) is 8.19. The number of ether oxygens (including phenoxy) is 2. The van der Waals surface area contributed by atoms with Gasteiger partial charge >= 0.3 is 6.09 Å². The molecule has 5 heteroatoms. The zero-order valence-corrected chi connectivity index (χ0v) is 8.19. The van der Waals surface area contributed by atoms with Gasteiger partial charge in [-0.05, 0) is 17.7 Å². The largest absolute Gasteiger partial charge is 0.414 e. The summed E-state index contributed by atoms with van der Waals surface area (Å²) in [5.74, 6) is 0.381. The first-order valence-electron chi connectivity index (χ1n) is 4.49. The van der Waals surface area contributed by atoms with Crippen LogP contribution in [0.5, 0.6) is 5.75 Å². The second-order valence-electron chi connectivity index (χ2n) is 3.24. The Morgan fingerprint density at radius 1 is 1.60 bits per heavy atom. The summed E-state index contributed by atoms with van der Waals surface area (Å²) in [6.45, 7) is 0.452. The van der Waals surface area contributed by atoms with Crippen molar-refractivity contribution in [2.45, 2.75) is 12.8 Å². The number of amides is 1. The number of methoxy groups -OCH3 is 1. The van der Waals surface area contributed by atoms with E-state index in [1.807, 2.05) is 0 Å². The van der Waals surface area contributed by atoms with E-state index in [0.717, 1.165) is 5.56 Å². The Bertz CT molecular complexity index is 391. The summed E-state index contributed by atoms with van der Waals surface area (Å²) < 4.78 is 9.85. The number of rotatable bonds is 2. The molecule has 0 radical (unpaired) electrons. The van der Waals surface area contributed by atoms with E-state index in [4.69, 9.17) is 9.47 Å². The monoisotopic (exact) mass is 209 g/mol. The van der Waals surface area contributed by atoms with Crippen molar-refractivity contribution in [3.05, 3.63) is 29.3 Å². The smallest absolute Gasteiger partial charge is 0.410 e. The van der Waals surface area contributed by atoms with Crippen LogP contribution >= 0.6 is 0 Å². The lowest BCUT2D eigenvalue weighted by molar-refractivity contribution is 0.108. The standard InChI is InChI=1S/C10H11NO4/c1-14-5-6-2-3-8-7(4-6)9(12)11-10(13)15-8/h2-4,9,12H,5H2,1H3,(H,11,13)/t9-/m0/s1. The number of fused-ring (bicyclic) bond motifs is 1. The summed E-state index contributed by atoms with van der Waals surface area (Å²) in [5.41, 5.74) is 1.46. The number of carbonyl (C=O) groups is 1. The van der Waals surface area contributed by atoms with Gasteiger partial charge in [0.05, 0.1) is 6.61 Å². The van der Waals surface area contributed by atoms with Gasteiger partial charge < -0.3 is 14.6 Å². The minimum Gasteiger partial charge on any atom is -0.410 e. The van der Waals surface area contributed by atoms with Crippen molar-refractivity contribution in [3.63, 3.8) is 0 Å². The first-order chi connectivity index (χ1) is 7.20. The molecule has 15 heavy (non-hydrogen) atoms. The number of hydrogen-bond acceptors (Lipinski definition) is 4. The molecule has 1 amide bonds. The first-order valence-corrected chi connectivity index (χ1v) is 4.49. The lowest BCUT2D eigenvalue weighted by Crippen LogP contribution is -2.35. The number of aliphatic hydroxyl groups excluding tert-OH is 1. The van der Waals surface area contributed by atoms with E-state index in [-0.39, 0.29) is 0 Å². The highest BCUT2D eigenvalue weighted by Gasteiger charge is 2.24. The summed E-state index contributed by atoms with van der Waals surface area (Å²) >= 11 is 0. The summed E-state index contributed by atoms with van der Waals surface area (Å²) in [6.07, 6.45) is -1.66. The highest BCUT2D eigenvalue weighted by molar-refractivity contribution is 5.73. The maximum absolute atomic E-state index is 10.9. The zero-order chi connectivity index (χ0) is 10.8. The molecule has 1 heterocycles. The van der Waals surface area contributed by atoms with Crippen LogP contribution in [0, 0.1) is 0 Å². The predicted octanol–water partition coefficient (Wildman–Crippen LogP) is 0.926. The second-order valence-corrected chi connectivity index (χ2v) is 3.24. The maximum atomic E-state index is 10.9. The molecular formula is C10H11NO4. The number of aliphatic hydroxyl groups is 1. The van der Waals surface area contributed by atoms with Crippen LogP contribution in [0.3, 0.4) is 0 Å². The van der Waals surface area contributed by atoms with Gasteiger partial charge in [0.25, 0.3) is 0 Å². The van der Waals surface area contributed by atoms with Gasteiger partial charge in [0.2, 0.25) is 0 Å². The van der Waals surface area contributed by atoms with Crippen molar-refractivity contribution in [2.75, 3.05) is 7.11 Å². The van der Waals surface area contributed by atoms with Crippen molar-refractivity contribution >= 4 is 6.09 Å². The van der Waals surface area contributed by atoms with Crippen molar-refractivity contribution in [1.82, 2.24) is 5.32 Å². The Kier molecular flexibility index (Phi) is 2.57. The molecule has 1 aliphatic rings. The molecule has 0 bridgehead atoms. The molecule has 0 saturated heterocycles. The highest BCUT2D eigenvalue weighted by Crippen LogP contribution is 2.28. The molecule has 2 N–H and O–H groups in total. The lowest BCUT2D eigenvalue weighted by atomic mass is 10.1. The van der Waals surface area contributed by atoms with E-state index in [2.05, 4.69) is 5.32 Å². The second kappa shape index (κ2) is 3.88. The van der Waals surface area contributed by atoms with E-state index in [1.165, 1.54) is 0 Å². The van der Waals surface area contributed by atoms with E-state index in [9.17, 15) is 9.90 Å². The molecule has 0 aromatic heterocycles. The lowest BCUT2D eigenvalue weighted by Gasteiger charge is -2.22. The van der Waals surface area contributed by atoms with Gasteiger partial charge in [0, 0.05) is 12.7 Å². The fourth-order valence-corrected chi connectivity index (χ4v) is 1.48. The van der Waals surface area contributed by atoms with Gasteiger partial charge in [0.15, 0.2) is 6.23 Å². The first kappa shape index (κ1) is 9.95. The van der Waals surface area contributed by atoms with Crippen LogP contribution in [0.4, 0.5) is 4.79 Å². The average Bonchev–Trinajstić information content (AvgIpc) is 2.19. The molecule has 1 aromatic carbocycles. The fourth-order valence-electron chi connectivity index (χ4n) is 1.48. The number of benzene rings is 1. The summed E-state index contributed by atoms with van der Waals surface area (Å²) in [7, 11) is 1.59. The molecule has 0 aliphatic carbocycles. The Morgan fingerprint density at radius 3 is 3.13 bits per heavy atom. The molecule has 2 rings (SSSR count). The molecule has 0 fully saturated rings.